The van der Waals surface area contributed by atoms with Crippen molar-refractivity contribution in [2.75, 3.05) is 10.6 Å². The van der Waals surface area contributed by atoms with E-state index in [9.17, 15) is 18.0 Å². The van der Waals surface area contributed by atoms with Gasteiger partial charge in [0.25, 0.3) is 5.91 Å². The standard InChI is InChI=1S/C21H16ClF3N2O/c22-18-12-15(10-11-19(18)26-13-14-6-2-1-3-7-14)27-20(28)16-8-4-5-9-17(16)21(23,24)25/h1-12,26H,13H2,(H,27,28). The van der Waals surface area contributed by atoms with E-state index < -0.39 is 23.2 Å². The molecule has 7 heteroatoms. The summed E-state index contributed by atoms with van der Waals surface area (Å²) in [6.45, 7) is 0.561. The molecule has 0 spiro atoms. The van der Waals surface area contributed by atoms with E-state index >= 15 is 0 Å². The monoisotopic (exact) mass is 404 g/mol. The molecule has 0 atom stereocenters. The fourth-order valence-electron chi connectivity index (χ4n) is 2.66. The van der Waals surface area contributed by atoms with Gasteiger partial charge in [0.1, 0.15) is 0 Å². The fourth-order valence-corrected chi connectivity index (χ4v) is 2.90. The molecule has 0 heterocycles. The summed E-state index contributed by atoms with van der Waals surface area (Å²) in [6.07, 6.45) is -4.61. The van der Waals surface area contributed by atoms with Gasteiger partial charge in [0.05, 0.1) is 21.8 Å². The number of hydrogen-bond acceptors (Lipinski definition) is 2. The van der Waals surface area contributed by atoms with Crippen LogP contribution in [0, 0.1) is 0 Å². The number of anilines is 2. The van der Waals surface area contributed by atoms with Gasteiger partial charge in [0, 0.05) is 12.2 Å². The Morgan fingerprint density at radius 1 is 0.929 bits per heavy atom. The molecule has 144 valence electrons. The molecule has 28 heavy (non-hydrogen) atoms. The van der Waals surface area contributed by atoms with Crippen LogP contribution in [-0.4, -0.2) is 5.91 Å². The Morgan fingerprint density at radius 2 is 1.61 bits per heavy atom. The van der Waals surface area contributed by atoms with E-state index in [0.717, 1.165) is 17.7 Å². The van der Waals surface area contributed by atoms with E-state index in [-0.39, 0.29) is 0 Å². The molecule has 0 aliphatic carbocycles. The molecule has 0 radical (unpaired) electrons. The second-order valence-corrected chi connectivity index (χ2v) is 6.44. The SMILES string of the molecule is O=C(Nc1ccc(NCc2ccccc2)c(Cl)c1)c1ccccc1C(F)(F)F. The minimum atomic E-state index is -4.61. The smallest absolute Gasteiger partial charge is 0.380 e. The zero-order chi connectivity index (χ0) is 20.1. The number of hydrogen-bond donors (Lipinski definition) is 2. The molecule has 3 nitrogen and oxygen atoms in total. The molecule has 3 rings (SSSR count). The highest BCUT2D eigenvalue weighted by atomic mass is 35.5. The molecule has 0 aliphatic heterocycles. The predicted octanol–water partition coefficient (Wildman–Crippen LogP) is 6.22. The molecule has 0 aliphatic rings. The van der Waals surface area contributed by atoms with Gasteiger partial charge < -0.3 is 10.6 Å². The fraction of sp³-hybridized carbons (Fsp3) is 0.0952. The third-order valence-corrected chi connectivity index (χ3v) is 4.34. The maximum Gasteiger partial charge on any atom is 0.417 e. The number of halogens is 4. The van der Waals surface area contributed by atoms with Gasteiger partial charge in [-0.15, -0.1) is 0 Å². The van der Waals surface area contributed by atoms with Gasteiger partial charge in [-0.25, -0.2) is 0 Å². The van der Waals surface area contributed by atoms with Gasteiger partial charge in [-0.3, -0.25) is 4.79 Å². The molecule has 2 N–H and O–H groups in total. The lowest BCUT2D eigenvalue weighted by atomic mass is 10.1. The predicted molar refractivity (Wildman–Crippen MR) is 105 cm³/mol. The van der Waals surface area contributed by atoms with Gasteiger partial charge in [0.2, 0.25) is 0 Å². The Hall–Kier alpha value is -2.99. The van der Waals surface area contributed by atoms with E-state index in [1.54, 1.807) is 12.1 Å². The third-order valence-electron chi connectivity index (χ3n) is 4.03. The average molecular weight is 405 g/mol. The Balaban J connectivity index is 1.72. The molecule has 0 unspecified atom stereocenters. The first kappa shape index (κ1) is 19.8. The first-order chi connectivity index (χ1) is 13.3. The van der Waals surface area contributed by atoms with E-state index in [0.29, 0.717) is 22.9 Å². The van der Waals surface area contributed by atoms with Crippen molar-refractivity contribution in [2.24, 2.45) is 0 Å². The van der Waals surface area contributed by atoms with Crippen molar-refractivity contribution in [2.45, 2.75) is 12.7 Å². The molecule has 0 bridgehead atoms. The quantitative estimate of drug-likeness (QED) is 0.529. The summed E-state index contributed by atoms with van der Waals surface area (Å²) in [7, 11) is 0. The maximum atomic E-state index is 13.1. The summed E-state index contributed by atoms with van der Waals surface area (Å²) >= 11 is 6.24. The highest BCUT2D eigenvalue weighted by molar-refractivity contribution is 6.33. The van der Waals surface area contributed by atoms with Crippen molar-refractivity contribution >= 4 is 28.9 Å². The summed E-state index contributed by atoms with van der Waals surface area (Å²) in [4.78, 5) is 12.3. The van der Waals surface area contributed by atoms with E-state index in [1.165, 1.54) is 18.2 Å². The van der Waals surface area contributed by atoms with Crippen LogP contribution in [0.15, 0.2) is 72.8 Å². The maximum absolute atomic E-state index is 13.1. The second-order valence-electron chi connectivity index (χ2n) is 6.03. The van der Waals surface area contributed by atoms with Crippen LogP contribution in [0.1, 0.15) is 21.5 Å². The van der Waals surface area contributed by atoms with Crippen LogP contribution in [-0.2, 0) is 12.7 Å². The topological polar surface area (TPSA) is 41.1 Å². The van der Waals surface area contributed by atoms with Crippen molar-refractivity contribution in [3.63, 3.8) is 0 Å². The normalized spacial score (nSPS) is 11.1. The Bertz CT molecular complexity index is 975. The summed E-state index contributed by atoms with van der Waals surface area (Å²) in [6, 6.07) is 19.1. The zero-order valence-corrected chi connectivity index (χ0v) is 15.3. The Labute approximate surface area is 165 Å². The van der Waals surface area contributed by atoms with Gasteiger partial charge in [-0.1, -0.05) is 54.1 Å². The van der Waals surface area contributed by atoms with Crippen molar-refractivity contribution in [1.29, 1.82) is 0 Å². The molecular weight excluding hydrogens is 389 g/mol. The van der Waals surface area contributed by atoms with Crippen molar-refractivity contribution in [3.05, 3.63) is 94.5 Å². The van der Waals surface area contributed by atoms with Crippen LogP contribution in [0.3, 0.4) is 0 Å². The summed E-state index contributed by atoms with van der Waals surface area (Å²) in [5.41, 5.74) is 0.591. The number of benzene rings is 3. The number of nitrogens with one attached hydrogen (secondary N) is 2. The largest absolute Gasteiger partial charge is 0.417 e. The summed E-state index contributed by atoms with van der Waals surface area (Å²) < 4.78 is 39.2. The van der Waals surface area contributed by atoms with Crippen LogP contribution in [0.5, 0.6) is 0 Å². The van der Waals surface area contributed by atoms with Crippen LogP contribution in [0.2, 0.25) is 5.02 Å². The summed E-state index contributed by atoms with van der Waals surface area (Å²) in [5.74, 6) is -0.853. The lowest BCUT2D eigenvalue weighted by Gasteiger charge is -2.14. The zero-order valence-electron chi connectivity index (χ0n) is 14.6. The van der Waals surface area contributed by atoms with Crippen molar-refractivity contribution < 1.29 is 18.0 Å². The van der Waals surface area contributed by atoms with E-state index in [2.05, 4.69) is 10.6 Å². The average Bonchev–Trinajstić information content (AvgIpc) is 2.67. The summed E-state index contributed by atoms with van der Waals surface area (Å²) in [5, 5.41) is 5.98. The number of rotatable bonds is 5. The Kier molecular flexibility index (Phi) is 5.90. The third kappa shape index (κ3) is 4.84. The number of carbonyl (C=O) groups excluding carboxylic acids is 1. The number of carbonyl (C=O) groups is 1. The minimum absolute atomic E-state index is 0.303. The van der Waals surface area contributed by atoms with Crippen LogP contribution in [0.25, 0.3) is 0 Å². The molecule has 0 fully saturated rings. The first-order valence-electron chi connectivity index (χ1n) is 8.39. The molecule has 0 aromatic heterocycles. The first-order valence-corrected chi connectivity index (χ1v) is 8.77. The van der Waals surface area contributed by atoms with Crippen LogP contribution in [0.4, 0.5) is 24.5 Å². The van der Waals surface area contributed by atoms with E-state index in [4.69, 9.17) is 11.6 Å². The van der Waals surface area contributed by atoms with E-state index in [1.807, 2.05) is 30.3 Å². The van der Waals surface area contributed by atoms with Crippen molar-refractivity contribution in [1.82, 2.24) is 0 Å². The lowest BCUT2D eigenvalue weighted by Crippen LogP contribution is -2.18. The number of amides is 1. The molecular formula is C21H16ClF3N2O. The van der Waals surface area contributed by atoms with Crippen LogP contribution < -0.4 is 10.6 Å². The van der Waals surface area contributed by atoms with Gasteiger partial charge >= 0.3 is 6.18 Å². The molecule has 1 amide bonds. The van der Waals surface area contributed by atoms with Gasteiger partial charge in [-0.05, 0) is 35.9 Å². The van der Waals surface area contributed by atoms with Gasteiger partial charge in [-0.2, -0.15) is 13.2 Å². The Morgan fingerprint density at radius 3 is 2.29 bits per heavy atom. The van der Waals surface area contributed by atoms with Crippen LogP contribution >= 0.6 is 11.6 Å². The molecule has 0 saturated heterocycles. The highest BCUT2D eigenvalue weighted by Gasteiger charge is 2.34. The molecule has 3 aromatic rings. The number of alkyl halides is 3. The van der Waals surface area contributed by atoms with Crippen molar-refractivity contribution in [3.8, 4) is 0 Å². The molecule has 0 saturated carbocycles. The second kappa shape index (κ2) is 8.35. The minimum Gasteiger partial charge on any atom is -0.380 e. The van der Waals surface area contributed by atoms with Gasteiger partial charge in [0.15, 0.2) is 0 Å². The molecule has 3 aromatic carbocycles. The lowest BCUT2D eigenvalue weighted by molar-refractivity contribution is -0.137. The highest BCUT2D eigenvalue weighted by Crippen LogP contribution is 2.32.